The lowest BCUT2D eigenvalue weighted by molar-refractivity contribution is 0.604. The Kier molecular flexibility index (Phi) is 4.03. The summed E-state index contributed by atoms with van der Waals surface area (Å²) < 4.78 is 4.62. The molecule has 0 amide bonds. The summed E-state index contributed by atoms with van der Waals surface area (Å²) >= 11 is 0. The van der Waals surface area contributed by atoms with Crippen molar-refractivity contribution in [2.24, 2.45) is 9.98 Å². The highest BCUT2D eigenvalue weighted by molar-refractivity contribution is 6.29. The summed E-state index contributed by atoms with van der Waals surface area (Å²) in [4.78, 5) is 9.50. The van der Waals surface area contributed by atoms with Gasteiger partial charge in [-0.05, 0) is 36.4 Å². The number of rotatable bonds is 2. The predicted octanol–water partition coefficient (Wildman–Crippen LogP) is 5.65. The van der Waals surface area contributed by atoms with Crippen molar-refractivity contribution < 1.29 is 0 Å². The molecule has 6 aromatic rings. The smallest absolute Gasteiger partial charge is 0.167 e. The summed E-state index contributed by atoms with van der Waals surface area (Å²) in [6, 6.07) is 32.4. The summed E-state index contributed by atoms with van der Waals surface area (Å²) in [5, 5.41) is 11.8. The first-order valence-electron chi connectivity index (χ1n) is 12.2. The number of hydrogen-bond acceptors (Lipinski definition) is 4. The number of hydrogen-bond donors (Lipinski definition) is 2. The van der Waals surface area contributed by atoms with Gasteiger partial charge in [0.2, 0.25) is 0 Å². The van der Waals surface area contributed by atoms with Crippen LogP contribution in [-0.4, -0.2) is 33.9 Å². The van der Waals surface area contributed by atoms with Crippen molar-refractivity contribution in [2.75, 3.05) is 6.54 Å². The molecule has 0 radical (unpaired) electrons. The lowest BCUT2D eigenvalue weighted by atomic mass is 10.1. The average Bonchev–Trinajstić information content (AvgIpc) is 3.46. The molecule has 2 aromatic heterocycles. The van der Waals surface area contributed by atoms with E-state index in [-0.39, 0.29) is 6.17 Å². The maximum atomic E-state index is 4.95. The maximum Gasteiger partial charge on any atom is 0.167 e. The molecule has 2 aliphatic rings. The summed E-state index contributed by atoms with van der Waals surface area (Å²) in [7, 11) is 0. The number of nitrogens with one attached hydrogen (secondary N) is 2. The molecular weight excluding hydrogens is 444 g/mol. The van der Waals surface area contributed by atoms with Gasteiger partial charge in [-0.15, -0.1) is 0 Å². The van der Waals surface area contributed by atoms with Gasteiger partial charge in [0.1, 0.15) is 6.17 Å². The number of aliphatic imine (C=N–C) groups is 2. The Morgan fingerprint density at radius 3 is 2.06 bits per heavy atom. The van der Waals surface area contributed by atoms with Gasteiger partial charge in [-0.1, -0.05) is 54.6 Å². The van der Waals surface area contributed by atoms with E-state index in [2.05, 4.69) is 116 Å². The first-order valence-corrected chi connectivity index (χ1v) is 12.2. The van der Waals surface area contributed by atoms with Crippen molar-refractivity contribution in [1.29, 1.82) is 0 Å². The standard InChI is InChI=1S/C30H22N6/c1-2-8-19(9-3-1)35-22-12-6-4-10-20(22)27-24(35)14-15-25-28(27)21-11-5-7-13-23(21)36(25)26-18-33-29-30(34-26)32-17-16-31-29/h1-15,17-18,29,31,33H,16H2. The quantitative estimate of drug-likeness (QED) is 0.347. The third-order valence-electron chi connectivity index (χ3n) is 7.22. The van der Waals surface area contributed by atoms with E-state index in [0.717, 1.165) is 34.9 Å². The first kappa shape index (κ1) is 19.6. The van der Waals surface area contributed by atoms with Crippen molar-refractivity contribution in [3.8, 4) is 5.69 Å². The van der Waals surface area contributed by atoms with Crippen LogP contribution >= 0.6 is 0 Å². The number of aromatic nitrogens is 2. The van der Waals surface area contributed by atoms with Crippen LogP contribution in [0.2, 0.25) is 0 Å². The lowest BCUT2D eigenvalue weighted by Gasteiger charge is -2.25. The fourth-order valence-corrected chi connectivity index (χ4v) is 5.74. The molecule has 2 N–H and O–H groups in total. The molecule has 4 heterocycles. The number of fused-ring (bicyclic) bond motifs is 8. The van der Waals surface area contributed by atoms with Crippen LogP contribution in [0.1, 0.15) is 0 Å². The molecule has 0 bridgehead atoms. The summed E-state index contributed by atoms with van der Waals surface area (Å²) in [5.41, 5.74) is 5.81. The van der Waals surface area contributed by atoms with E-state index in [1.165, 1.54) is 32.6 Å². The van der Waals surface area contributed by atoms with Crippen LogP contribution in [0.3, 0.4) is 0 Å². The summed E-state index contributed by atoms with van der Waals surface area (Å²) in [5.74, 6) is 1.59. The Bertz CT molecular complexity index is 1920. The molecule has 0 fully saturated rings. The third-order valence-corrected chi connectivity index (χ3v) is 7.22. The summed E-state index contributed by atoms with van der Waals surface area (Å²) in [6.45, 7) is 0.735. The minimum Gasteiger partial charge on any atom is -0.366 e. The van der Waals surface area contributed by atoms with Crippen LogP contribution in [0.5, 0.6) is 0 Å². The molecule has 4 aromatic carbocycles. The molecule has 6 heteroatoms. The van der Waals surface area contributed by atoms with Gasteiger partial charge in [-0.2, -0.15) is 0 Å². The lowest BCUT2D eigenvalue weighted by Crippen LogP contribution is -2.50. The highest BCUT2D eigenvalue weighted by Crippen LogP contribution is 2.42. The van der Waals surface area contributed by atoms with E-state index in [1.54, 1.807) is 0 Å². The Hall–Kier alpha value is -4.68. The second kappa shape index (κ2) is 7.41. The molecule has 1 atom stereocenters. The van der Waals surface area contributed by atoms with Crippen LogP contribution < -0.4 is 10.6 Å². The van der Waals surface area contributed by atoms with Gasteiger partial charge < -0.3 is 9.88 Å². The molecule has 1 unspecified atom stereocenters. The fourth-order valence-electron chi connectivity index (χ4n) is 5.74. The Balaban J connectivity index is 1.51. The van der Waals surface area contributed by atoms with E-state index in [4.69, 9.17) is 4.99 Å². The molecule has 0 spiro atoms. The number of para-hydroxylation sites is 3. The maximum absolute atomic E-state index is 4.95. The SMILES string of the molecule is C1=NC2=NC(n3c4ccccc4c4c5c6ccccc6n(-c6ccccc6)c5ccc43)=CNC2NC1. The first-order chi connectivity index (χ1) is 17.9. The van der Waals surface area contributed by atoms with Crippen LogP contribution in [0.25, 0.3) is 55.1 Å². The van der Waals surface area contributed by atoms with E-state index >= 15 is 0 Å². The minimum absolute atomic E-state index is 0.0533. The van der Waals surface area contributed by atoms with Crippen molar-refractivity contribution in [2.45, 2.75) is 6.17 Å². The van der Waals surface area contributed by atoms with Crippen LogP contribution in [-0.2, 0) is 0 Å². The highest BCUT2D eigenvalue weighted by atomic mass is 15.3. The second-order valence-corrected chi connectivity index (χ2v) is 9.19. The van der Waals surface area contributed by atoms with E-state index in [9.17, 15) is 0 Å². The predicted molar refractivity (Wildman–Crippen MR) is 149 cm³/mol. The summed E-state index contributed by atoms with van der Waals surface area (Å²) in [6.07, 6.45) is 3.81. The third kappa shape index (κ3) is 2.64. The van der Waals surface area contributed by atoms with Gasteiger partial charge >= 0.3 is 0 Å². The van der Waals surface area contributed by atoms with E-state index in [1.807, 2.05) is 12.4 Å². The molecule has 8 rings (SSSR count). The van der Waals surface area contributed by atoms with Crippen LogP contribution in [0.15, 0.2) is 107 Å². The van der Waals surface area contributed by atoms with Crippen LogP contribution in [0, 0.1) is 0 Å². The van der Waals surface area contributed by atoms with Gasteiger partial charge in [0.05, 0.1) is 22.1 Å². The number of nitrogens with zero attached hydrogens (tertiary/aromatic N) is 4. The number of benzene rings is 4. The van der Waals surface area contributed by atoms with E-state index < -0.39 is 0 Å². The fraction of sp³-hybridized carbons (Fsp3) is 0.0667. The van der Waals surface area contributed by atoms with Gasteiger partial charge in [-0.3, -0.25) is 9.88 Å². The molecule has 2 aliphatic heterocycles. The zero-order chi connectivity index (χ0) is 23.6. The topological polar surface area (TPSA) is 58.6 Å². The molecule has 36 heavy (non-hydrogen) atoms. The molecule has 0 saturated heterocycles. The molecule has 6 nitrogen and oxygen atoms in total. The Morgan fingerprint density at radius 1 is 0.667 bits per heavy atom. The largest absolute Gasteiger partial charge is 0.366 e. The molecule has 0 aliphatic carbocycles. The Labute approximate surface area is 206 Å². The van der Waals surface area contributed by atoms with E-state index in [0.29, 0.717) is 0 Å². The Morgan fingerprint density at radius 2 is 1.31 bits per heavy atom. The molecule has 0 saturated carbocycles. The van der Waals surface area contributed by atoms with Crippen molar-refractivity contribution >= 4 is 61.5 Å². The second-order valence-electron chi connectivity index (χ2n) is 9.19. The van der Waals surface area contributed by atoms with Gasteiger partial charge in [0.15, 0.2) is 11.7 Å². The van der Waals surface area contributed by atoms with Crippen LogP contribution in [0.4, 0.5) is 0 Å². The average molecular weight is 467 g/mol. The monoisotopic (exact) mass is 466 g/mol. The zero-order valence-corrected chi connectivity index (χ0v) is 19.4. The number of amidine groups is 1. The molecule has 172 valence electrons. The van der Waals surface area contributed by atoms with Crippen molar-refractivity contribution in [3.05, 3.63) is 97.2 Å². The minimum atomic E-state index is -0.0533. The molecular formula is C30H22N6. The highest BCUT2D eigenvalue weighted by Gasteiger charge is 2.24. The van der Waals surface area contributed by atoms with Gasteiger partial charge in [0, 0.05) is 46.2 Å². The van der Waals surface area contributed by atoms with Gasteiger partial charge in [-0.25, -0.2) is 9.98 Å². The zero-order valence-electron chi connectivity index (χ0n) is 19.4. The normalized spacial score (nSPS) is 17.4. The van der Waals surface area contributed by atoms with Crippen molar-refractivity contribution in [3.63, 3.8) is 0 Å². The van der Waals surface area contributed by atoms with Crippen molar-refractivity contribution in [1.82, 2.24) is 19.8 Å². The van der Waals surface area contributed by atoms with Gasteiger partial charge in [0.25, 0.3) is 0 Å².